The Hall–Kier alpha value is -1.66. The lowest BCUT2D eigenvalue weighted by molar-refractivity contribution is 0.680. The molecule has 4 nitrogen and oxygen atoms in total. The first-order chi connectivity index (χ1) is 10.8. The maximum absolute atomic E-state index is 12.0. The highest BCUT2D eigenvalue weighted by molar-refractivity contribution is 7.84. The van der Waals surface area contributed by atoms with E-state index in [9.17, 15) is 4.21 Å². The van der Waals surface area contributed by atoms with Crippen LogP contribution in [0.15, 0.2) is 52.2 Å². The molecule has 2 aromatic rings. The summed E-state index contributed by atoms with van der Waals surface area (Å²) in [6, 6.07) is 12.0. The summed E-state index contributed by atoms with van der Waals surface area (Å²) in [4.78, 5) is 4.17. The van der Waals surface area contributed by atoms with Crippen molar-refractivity contribution in [1.82, 2.24) is 10.6 Å². The first-order valence-corrected chi connectivity index (χ1v) is 9.55. The zero-order valence-corrected chi connectivity index (χ0v) is 14.3. The lowest BCUT2D eigenvalue weighted by Gasteiger charge is -2.11. The molecule has 1 aromatic heterocycles. The number of benzene rings is 1. The smallest absolute Gasteiger partial charge is 0.191 e. The summed E-state index contributed by atoms with van der Waals surface area (Å²) >= 11 is 1.68. The SMILES string of the molecule is CN=C(NCCS(=O)Cc1ccccc1)NCc1ccsc1. The van der Waals surface area contributed by atoms with Crippen LogP contribution in [0.25, 0.3) is 0 Å². The van der Waals surface area contributed by atoms with E-state index in [-0.39, 0.29) is 0 Å². The number of thiophene rings is 1. The van der Waals surface area contributed by atoms with Crippen LogP contribution < -0.4 is 10.6 Å². The van der Waals surface area contributed by atoms with E-state index in [4.69, 9.17) is 0 Å². The third kappa shape index (κ3) is 5.99. The van der Waals surface area contributed by atoms with Crippen molar-refractivity contribution in [1.29, 1.82) is 0 Å². The quantitative estimate of drug-likeness (QED) is 0.603. The zero-order valence-electron chi connectivity index (χ0n) is 12.6. The summed E-state index contributed by atoms with van der Waals surface area (Å²) in [7, 11) is 0.873. The monoisotopic (exact) mass is 335 g/mol. The molecule has 6 heteroatoms. The van der Waals surface area contributed by atoms with Crippen molar-refractivity contribution in [3.8, 4) is 0 Å². The number of guanidine groups is 1. The molecule has 0 amide bonds. The Morgan fingerprint density at radius 3 is 2.68 bits per heavy atom. The van der Waals surface area contributed by atoms with E-state index in [1.54, 1.807) is 18.4 Å². The fourth-order valence-electron chi connectivity index (χ4n) is 1.92. The van der Waals surface area contributed by atoms with Crippen molar-refractivity contribution in [3.05, 3.63) is 58.3 Å². The van der Waals surface area contributed by atoms with E-state index in [2.05, 4.69) is 32.5 Å². The van der Waals surface area contributed by atoms with Gasteiger partial charge in [-0.2, -0.15) is 11.3 Å². The van der Waals surface area contributed by atoms with E-state index in [1.165, 1.54) is 5.56 Å². The highest BCUT2D eigenvalue weighted by atomic mass is 32.2. The lowest BCUT2D eigenvalue weighted by atomic mass is 10.2. The molecule has 1 heterocycles. The third-order valence-electron chi connectivity index (χ3n) is 3.06. The van der Waals surface area contributed by atoms with Crippen molar-refractivity contribution < 1.29 is 4.21 Å². The summed E-state index contributed by atoms with van der Waals surface area (Å²) in [6.45, 7) is 1.39. The fourth-order valence-corrected chi connectivity index (χ4v) is 3.62. The van der Waals surface area contributed by atoms with Crippen molar-refractivity contribution in [2.24, 2.45) is 4.99 Å². The van der Waals surface area contributed by atoms with E-state index in [0.717, 1.165) is 18.1 Å². The number of rotatable bonds is 7. The highest BCUT2D eigenvalue weighted by Crippen LogP contribution is 2.05. The molecule has 0 spiro atoms. The summed E-state index contributed by atoms with van der Waals surface area (Å²) in [6.07, 6.45) is 0. The van der Waals surface area contributed by atoms with Gasteiger partial charge in [0.2, 0.25) is 0 Å². The molecule has 22 heavy (non-hydrogen) atoms. The molecular formula is C16H21N3OS2. The highest BCUT2D eigenvalue weighted by Gasteiger charge is 2.03. The van der Waals surface area contributed by atoms with Crippen LogP contribution >= 0.6 is 11.3 Å². The van der Waals surface area contributed by atoms with Crippen LogP contribution in [-0.4, -0.2) is 29.5 Å². The second kappa shape index (κ2) is 9.38. The normalized spacial score (nSPS) is 12.9. The van der Waals surface area contributed by atoms with Crippen molar-refractivity contribution >= 4 is 28.1 Å². The van der Waals surface area contributed by atoms with Crippen molar-refractivity contribution in [2.75, 3.05) is 19.3 Å². The third-order valence-corrected chi connectivity index (χ3v) is 5.10. The molecule has 0 aliphatic rings. The van der Waals surface area contributed by atoms with Crippen LogP contribution in [0.1, 0.15) is 11.1 Å². The van der Waals surface area contributed by atoms with Gasteiger partial charge in [0.25, 0.3) is 0 Å². The Balaban J connectivity index is 1.66. The number of hydrogen-bond donors (Lipinski definition) is 2. The zero-order chi connectivity index (χ0) is 15.6. The van der Waals surface area contributed by atoms with Crippen LogP contribution in [0.4, 0.5) is 0 Å². The van der Waals surface area contributed by atoms with Crippen LogP contribution in [0, 0.1) is 0 Å². The predicted molar refractivity (Wildman–Crippen MR) is 95.7 cm³/mol. The molecule has 1 aromatic carbocycles. The Kier molecular flexibility index (Phi) is 7.12. The van der Waals surface area contributed by atoms with E-state index >= 15 is 0 Å². The van der Waals surface area contributed by atoms with Gasteiger partial charge in [0.1, 0.15) is 0 Å². The maximum atomic E-state index is 12.0. The molecule has 0 radical (unpaired) electrons. The largest absolute Gasteiger partial charge is 0.355 e. The first-order valence-electron chi connectivity index (χ1n) is 7.12. The van der Waals surface area contributed by atoms with Gasteiger partial charge < -0.3 is 10.6 Å². The maximum Gasteiger partial charge on any atom is 0.191 e. The molecule has 0 fully saturated rings. The second-order valence-electron chi connectivity index (χ2n) is 4.76. The van der Waals surface area contributed by atoms with Crippen molar-refractivity contribution in [2.45, 2.75) is 12.3 Å². The van der Waals surface area contributed by atoms with Gasteiger partial charge in [-0.1, -0.05) is 30.3 Å². The summed E-state index contributed by atoms with van der Waals surface area (Å²) in [5.74, 6) is 1.94. The summed E-state index contributed by atoms with van der Waals surface area (Å²) in [5, 5.41) is 10.6. The molecule has 0 bridgehead atoms. The standard InChI is InChI=1S/C16H21N3OS2/c1-17-16(19-11-15-7-9-21-12-15)18-8-10-22(20)13-14-5-3-2-4-6-14/h2-7,9,12H,8,10-11,13H2,1H3,(H2,17,18,19). The topological polar surface area (TPSA) is 53.5 Å². The van der Waals surface area contributed by atoms with Gasteiger partial charge in [0, 0.05) is 42.4 Å². The molecule has 0 saturated carbocycles. The van der Waals surface area contributed by atoms with Gasteiger partial charge in [0.15, 0.2) is 5.96 Å². The van der Waals surface area contributed by atoms with Crippen LogP contribution in [-0.2, 0) is 23.1 Å². The van der Waals surface area contributed by atoms with Crippen LogP contribution in [0.2, 0.25) is 0 Å². The van der Waals surface area contributed by atoms with E-state index in [1.807, 2.05) is 30.3 Å². The molecule has 0 aliphatic carbocycles. The fraction of sp³-hybridized carbons (Fsp3) is 0.312. The van der Waals surface area contributed by atoms with Gasteiger partial charge in [-0.3, -0.25) is 9.20 Å². The van der Waals surface area contributed by atoms with E-state index < -0.39 is 10.8 Å². The number of aliphatic imine (C=N–C) groups is 1. The Labute approximate surface area is 138 Å². The minimum atomic E-state index is -0.867. The summed E-state index contributed by atoms with van der Waals surface area (Å²) < 4.78 is 12.0. The Morgan fingerprint density at radius 2 is 2.00 bits per heavy atom. The van der Waals surface area contributed by atoms with Gasteiger partial charge in [-0.15, -0.1) is 0 Å². The Bertz CT molecular complexity index is 597. The van der Waals surface area contributed by atoms with E-state index in [0.29, 0.717) is 18.1 Å². The van der Waals surface area contributed by atoms with Crippen LogP contribution in [0.5, 0.6) is 0 Å². The average Bonchev–Trinajstić information content (AvgIpc) is 3.05. The first kappa shape index (κ1) is 16.7. The van der Waals surface area contributed by atoms with Gasteiger partial charge in [0.05, 0.1) is 0 Å². The summed E-state index contributed by atoms with van der Waals surface area (Å²) in [5.41, 5.74) is 2.35. The molecular weight excluding hydrogens is 314 g/mol. The van der Waals surface area contributed by atoms with Crippen molar-refractivity contribution in [3.63, 3.8) is 0 Å². The number of hydrogen-bond acceptors (Lipinski definition) is 3. The van der Waals surface area contributed by atoms with Gasteiger partial charge in [-0.25, -0.2) is 0 Å². The van der Waals surface area contributed by atoms with Crippen LogP contribution in [0.3, 0.4) is 0 Å². The van der Waals surface area contributed by atoms with Gasteiger partial charge in [-0.05, 0) is 28.0 Å². The molecule has 118 valence electrons. The molecule has 1 unspecified atom stereocenters. The molecule has 2 rings (SSSR count). The number of nitrogens with zero attached hydrogens (tertiary/aromatic N) is 1. The minimum absolute atomic E-state index is 0.601. The predicted octanol–water partition coefficient (Wildman–Crippen LogP) is 2.36. The average molecular weight is 335 g/mol. The Morgan fingerprint density at radius 1 is 1.18 bits per heavy atom. The second-order valence-corrected chi connectivity index (χ2v) is 7.11. The number of nitrogens with one attached hydrogen (secondary N) is 2. The minimum Gasteiger partial charge on any atom is -0.355 e. The molecule has 1 atom stereocenters. The molecule has 2 N–H and O–H groups in total. The molecule has 0 saturated heterocycles. The molecule has 0 aliphatic heterocycles. The van der Waals surface area contributed by atoms with Gasteiger partial charge >= 0.3 is 0 Å². The lowest BCUT2D eigenvalue weighted by Crippen LogP contribution is -2.38.